The van der Waals surface area contributed by atoms with E-state index in [1.165, 1.54) is 0 Å². The predicted octanol–water partition coefficient (Wildman–Crippen LogP) is 0.00530. The molecule has 0 radical (unpaired) electrons. The van der Waals surface area contributed by atoms with Crippen molar-refractivity contribution in [3.05, 3.63) is 11.7 Å². The fourth-order valence-corrected chi connectivity index (χ4v) is 0.698. The molecule has 0 spiro atoms. The van der Waals surface area contributed by atoms with Crippen molar-refractivity contribution in [2.45, 2.75) is 26.1 Å². The van der Waals surface area contributed by atoms with Gasteiger partial charge in [0, 0.05) is 6.42 Å². The van der Waals surface area contributed by atoms with Crippen LogP contribution in [0.15, 0.2) is 4.52 Å². The maximum Gasteiger partial charge on any atom is 0.283 e. The smallest absolute Gasteiger partial charge is 0.283 e. The lowest BCUT2D eigenvalue weighted by Gasteiger charge is -1.90. The highest BCUT2D eigenvalue weighted by molar-refractivity contribution is 4.86. The van der Waals surface area contributed by atoms with Crippen molar-refractivity contribution in [1.29, 1.82) is 0 Å². The van der Waals surface area contributed by atoms with Crippen LogP contribution in [0.5, 0.6) is 0 Å². The van der Waals surface area contributed by atoms with Gasteiger partial charge in [0.25, 0.3) is 5.89 Å². The molecule has 1 aromatic heterocycles. The third-order valence-corrected chi connectivity index (χ3v) is 1.18. The first-order valence-electron chi connectivity index (χ1n) is 3.42. The molecule has 0 amide bonds. The third-order valence-electron chi connectivity index (χ3n) is 1.18. The van der Waals surface area contributed by atoms with Gasteiger partial charge in [0.05, 0.1) is 0 Å². The molecule has 0 fully saturated rings. The standard InChI is InChI=1S/C6H10N2O3/c1-2-3-4-7-5(6(9)10)11-8-4/h6,9-10H,2-3H2,1H3. The van der Waals surface area contributed by atoms with Crippen LogP contribution in [0.3, 0.4) is 0 Å². The van der Waals surface area contributed by atoms with Gasteiger partial charge in [-0.3, -0.25) is 0 Å². The number of aromatic nitrogens is 2. The Bertz CT molecular complexity index is 221. The zero-order chi connectivity index (χ0) is 8.27. The molecule has 1 rings (SSSR count). The summed E-state index contributed by atoms with van der Waals surface area (Å²) in [5.74, 6) is 0.365. The maximum atomic E-state index is 8.56. The second kappa shape index (κ2) is 3.45. The van der Waals surface area contributed by atoms with Gasteiger partial charge in [0.15, 0.2) is 5.82 Å². The Balaban J connectivity index is 2.66. The van der Waals surface area contributed by atoms with Gasteiger partial charge in [-0.25, -0.2) is 0 Å². The van der Waals surface area contributed by atoms with Gasteiger partial charge in [0.2, 0.25) is 6.29 Å². The maximum absolute atomic E-state index is 8.56. The monoisotopic (exact) mass is 158 g/mol. The molecule has 11 heavy (non-hydrogen) atoms. The summed E-state index contributed by atoms with van der Waals surface area (Å²) in [6, 6.07) is 0. The van der Waals surface area contributed by atoms with E-state index in [0.717, 1.165) is 6.42 Å². The van der Waals surface area contributed by atoms with Gasteiger partial charge < -0.3 is 14.7 Å². The lowest BCUT2D eigenvalue weighted by atomic mass is 10.3. The van der Waals surface area contributed by atoms with E-state index >= 15 is 0 Å². The van der Waals surface area contributed by atoms with Gasteiger partial charge in [-0.2, -0.15) is 4.98 Å². The average Bonchev–Trinajstić information content (AvgIpc) is 2.37. The Kier molecular flexibility index (Phi) is 2.56. The first-order valence-corrected chi connectivity index (χ1v) is 3.42. The second-order valence-electron chi connectivity index (χ2n) is 2.17. The minimum absolute atomic E-state index is 0.145. The van der Waals surface area contributed by atoms with Gasteiger partial charge in [-0.15, -0.1) is 0 Å². The van der Waals surface area contributed by atoms with E-state index in [1.807, 2.05) is 6.92 Å². The molecule has 0 aliphatic rings. The molecule has 0 unspecified atom stereocenters. The van der Waals surface area contributed by atoms with E-state index < -0.39 is 6.29 Å². The molecule has 5 heteroatoms. The van der Waals surface area contributed by atoms with Gasteiger partial charge in [0.1, 0.15) is 0 Å². The second-order valence-corrected chi connectivity index (χ2v) is 2.17. The quantitative estimate of drug-likeness (QED) is 0.605. The van der Waals surface area contributed by atoms with E-state index in [1.54, 1.807) is 0 Å². The summed E-state index contributed by atoms with van der Waals surface area (Å²) in [6.07, 6.45) is -0.0652. The zero-order valence-corrected chi connectivity index (χ0v) is 6.19. The Morgan fingerprint density at radius 1 is 1.55 bits per heavy atom. The van der Waals surface area contributed by atoms with Crippen LogP contribution in [-0.4, -0.2) is 20.4 Å². The summed E-state index contributed by atoms with van der Waals surface area (Å²) in [7, 11) is 0. The molecule has 1 aromatic rings. The van der Waals surface area contributed by atoms with Gasteiger partial charge in [-0.1, -0.05) is 12.1 Å². The summed E-state index contributed by atoms with van der Waals surface area (Å²) in [5.41, 5.74) is 0. The first-order chi connectivity index (χ1) is 5.24. The summed E-state index contributed by atoms with van der Waals surface area (Å²) < 4.78 is 4.52. The number of aryl methyl sites for hydroxylation is 1. The van der Waals surface area contributed by atoms with Crippen LogP contribution in [0.4, 0.5) is 0 Å². The predicted molar refractivity (Wildman–Crippen MR) is 35.5 cm³/mol. The van der Waals surface area contributed by atoms with Crippen molar-refractivity contribution in [3.63, 3.8) is 0 Å². The number of aliphatic hydroxyl groups excluding tert-OH is 1. The number of aliphatic hydroxyl groups is 2. The summed E-state index contributed by atoms with van der Waals surface area (Å²) >= 11 is 0. The molecule has 0 saturated heterocycles. The van der Waals surface area contributed by atoms with Crippen LogP contribution >= 0.6 is 0 Å². The van der Waals surface area contributed by atoms with E-state index in [2.05, 4.69) is 14.7 Å². The molecule has 2 N–H and O–H groups in total. The molecule has 0 bridgehead atoms. The number of hydrogen-bond acceptors (Lipinski definition) is 5. The molecule has 0 atom stereocenters. The van der Waals surface area contributed by atoms with Crippen molar-refractivity contribution in [2.24, 2.45) is 0 Å². The van der Waals surface area contributed by atoms with Crippen molar-refractivity contribution >= 4 is 0 Å². The normalized spacial score (nSPS) is 10.9. The third kappa shape index (κ3) is 1.99. The molecule has 0 aliphatic carbocycles. The lowest BCUT2D eigenvalue weighted by molar-refractivity contribution is -0.0651. The van der Waals surface area contributed by atoms with Crippen LogP contribution in [-0.2, 0) is 6.42 Å². The molecule has 0 aromatic carbocycles. The molecular weight excluding hydrogens is 148 g/mol. The minimum atomic E-state index is -1.66. The first kappa shape index (κ1) is 8.16. The van der Waals surface area contributed by atoms with Crippen LogP contribution < -0.4 is 0 Å². The van der Waals surface area contributed by atoms with Crippen LogP contribution in [0, 0.1) is 0 Å². The minimum Gasteiger partial charge on any atom is -0.361 e. The van der Waals surface area contributed by atoms with Crippen LogP contribution in [0.2, 0.25) is 0 Å². The van der Waals surface area contributed by atoms with Crippen LogP contribution in [0.1, 0.15) is 31.3 Å². The zero-order valence-electron chi connectivity index (χ0n) is 6.19. The van der Waals surface area contributed by atoms with Crippen molar-refractivity contribution in [1.82, 2.24) is 10.1 Å². The van der Waals surface area contributed by atoms with E-state index in [9.17, 15) is 0 Å². The van der Waals surface area contributed by atoms with Gasteiger partial charge >= 0.3 is 0 Å². The molecular formula is C6H10N2O3. The Hall–Kier alpha value is -0.940. The molecule has 0 saturated carbocycles. The average molecular weight is 158 g/mol. The van der Waals surface area contributed by atoms with E-state index in [-0.39, 0.29) is 5.89 Å². The van der Waals surface area contributed by atoms with Crippen molar-refractivity contribution < 1.29 is 14.7 Å². The fourth-order valence-electron chi connectivity index (χ4n) is 0.698. The summed E-state index contributed by atoms with van der Waals surface area (Å²) in [5, 5.41) is 20.7. The summed E-state index contributed by atoms with van der Waals surface area (Å²) in [4.78, 5) is 3.72. The molecule has 62 valence electrons. The number of nitrogens with zero attached hydrogens (tertiary/aromatic N) is 2. The Labute approximate surface area is 63.7 Å². The fraction of sp³-hybridized carbons (Fsp3) is 0.667. The lowest BCUT2D eigenvalue weighted by Crippen LogP contribution is -1.95. The summed E-state index contributed by atoms with van der Waals surface area (Å²) in [6.45, 7) is 1.98. The molecule has 0 aliphatic heterocycles. The topological polar surface area (TPSA) is 79.4 Å². The Morgan fingerprint density at radius 3 is 2.73 bits per heavy atom. The largest absolute Gasteiger partial charge is 0.361 e. The molecule has 5 nitrogen and oxygen atoms in total. The van der Waals surface area contributed by atoms with Crippen molar-refractivity contribution in [2.75, 3.05) is 0 Å². The van der Waals surface area contributed by atoms with Crippen LogP contribution in [0.25, 0.3) is 0 Å². The SMILES string of the molecule is CCCc1noc(C(O)O)n1. The number of hydrogen-bond donors (Lipinski definition) is 2. The highest BCUT2D eigenvalue weighted by Crippen LogP contribution is 2.06. The number of rotatable bonds is 3. The van der Waals surface area contributed by atoms with E-state index in [4.69, 9.17) is 10.2 Å². The Morgan fingerprint density at radius 2 is 2.27 bits per heavy atom. The van der Waals surface area contributed by atoms with Crippen molar-refractivity contribution in [3.8, 4) is 0 Å². The molecule has 1 heterocycles. The highest BCUT2D eigenvalue weighted by Gasteiger charge is 2.11. The highest BCUT2D eigenvalue weighted by atomic mass is 16.5. The van der Waals surface area contributed by atoms with E-state index in [0.29, 0.717) is 12.2 Å². The van der Waals surface area contributed by atoms with Gasteiger partial charge in [-0.05, 0) is 6.42 Å².